The van der Waals surface area contributed by atoms with E-state index in [2.05, 4.69) is 58.3 Å². The molecular weight excluding hydrogens is 450 g/mol. The van der Waals surface area contributed by atoms with Gasteiger partial charge in [0.15, 0.2) is 0 Å². The number of benzene rings is 2. The highest BCUT2D eigenvalue weighted by Crippen LogP contribution is 2.23. The van der Waals surface area contributed by atoms with Crippen LogP contribution in [0.25, 0.3) is 5.69 Å². The molecule has 0 unspecified atom stereocenters. The molecule has 2 heterocycles. The molecule has 1 aliphatic rings. The Labute approximate surface area is 205 Å². The summed E-state index contributed by atoms with van der Waals surface area (Å²) in [5.74, 6) is 0.0195. The molecular formula is C26H30ClN5O2. The van der Waals surface area contributed by atoms with E-state index in [0.717, 1.165) is 12.0 Å². The van der Waals surface area contributed by atoms with Gasteiger partial charge in [0, 0.05) is 26.2 Å². The molecule has 4 rings (SSSR count). The van der Waals surface area contributed by atoms with Crippen molar-refractivity contribution in [3.63, 3.8) is 0 Å². The van der Waals surface area contributed by atoms with Crippen molar-refractivity contribution in [3.05, 3.63) is 87.3 Å². The molecule has 7 nitrogen and oxygen atoms in total. The molecule has 0 radical (unpaired) electrons. The highest BCUT2D eigenvalue weighted by Gasteiger charge is 2.23. The first-order valence-corrected chi connectivity index (χ1v) is 12.0. The quantitative estimate of drug-likeness (QED) is 0.561. The number of carbonyl (C=O) groups is 1. The summed E-state index contributed by atoms with van der Waals surface area (Å²) >= 11 is 6.45. The Morgan fingerprint density at radius 3 is 2.38 bits per heavy atom. The molecule has 1 aromatic heterocycles. The van der Waals surface area contributed by atoms with E-state index in [9.17, 15) is 9.59 Å². The van der Waals surface area contributed by atoms with Gasteiger partial charge < -0.3 is 10.2 Å². The molecule has 1 amide bonds. The van der Waals surface area contributed by atoms with Crippen molar-refractivity contribution in [2.75, 3.05) is 37.6 Å². The number of amides is 1. The van der Waals surface area contributed by atoms with Crippen molar-refractivity contribution in [3.8, 4) is 5.69 Å². The van der Waals surface area contributed by atoms with E-state index in [1.165, 1.54) is 10.2 Å². The third-order valence-corrected chi connectivity index (χ3v) is 6.56. The Kier molecular flexibility index (Phi) is 7.65. The molecule has 1 aliphatic heterocycles. The van der Waals surface area contributed by atoms with Crippen molar-refractivity contribution < 1.29 is 4.79 Å². The Bertz CT molecular complexity index is 1170. The lowest BCUT2D eigenvalue weighted by atomic mass is 10.0. The number of anilines is 1. The van der Waals surface area contributed by atoms with Gasteiger partial charge in [-0.1, -0.05) is 66.6 Å². The maximum Gasteiger partial charge on any atom is 0.292 e. The summed E-state index contributed by atoms with van der Waals surface area (Å²) in [6.45, 7) is 7.21. The number of nitrogens with zero attached hydrogens (tertiary/aromatic N) is 4. The molecule has 0 spiro atoms. The average molecular weight is 480 g/mol. The number of aromatic nitrogens is 2. The van der Waals surface area contributed by atoms with Crippen LogP contribution in [-0.4, -0.2) is 53.3 Å². The van der Waals surface area contributed by atoms with Crippen molar-refractivity contribution in [2.24, 2.45) is 0 Å². The van der Waals surface area contributed by atoms with E-state index in [-0.39, 0.29) is 22.5 Å². The molecule has 2 aromatic carbocycles. The number of hydrogen-bond donors (Lipinski definition) is 1. The average Bonchev–Trinajstić information content (AvgIpc) is 2.86. The van der Waals surface area contributed by atoms with Crippen LogP contribution < -0.4 is 15.8 Å². The minimum absolute atomic E-state index is 0.00961. The summed E-state index contributed by atoms with van der Waals surface area (Å²) in [5, 5.41) is 7.65. The summed E-state index contributed by atoms with van der Waals surface area (Å²) in [6, 6.07) is 17.5. The number of hydrogen-bond acceptors (Lipinski definition) is 5. The fourth-order valence-corrected chi connectivity index (χ4v) is 4.46. The van der Waals surface area contributed by atoms with Gasteiger partial charge in [0.05, 0.1) is 30.2 Å². The summed E-state index contributed by atoms with van der Waals surface area (Å²) < 4.78 is 1.31. The largest absolute Gasteiger partial charge is 0.366 e. The number of carbonyl (C=O) groups excluding carboxylic acids is 1. The van der Waals surface area contributed by atoms with Crippen LogP contribution in [0.15, 0.2) is 65.6 Å². The zero-order chi connectivity index (χ0) is 24.1. The van der Waals surface area contributed by atoms with E-state index in [1.807, 2.05) is 30.3 Å². The van der Waals surface area contributed by atoms with Crippen LogP contribution in [0, 0.1) is 6.92 Å². The van der Waals surface area contributed by atoms with Gasteiger partial charge in [-0.3, -0.25) is 14.5 Å². The minimum atomic E-state index is -0.339. The highest BCUT2D eigenvalue weighted by atomic mass is 35.5. The van der Waals surface area contributed by atoms with E-state index in [4.69, 9.17) is 11.6 Å². The summed E-state index contributed by atoms with van der Waals surface area (Å²) in [7, 11) is 0. The molecule has 8 heteroatoms. The van der Waals surface area contributed by atoms with Crippen LogP contribution in [0.2, 0.25) is 5.02 Å². The van der Waals surface area contributed by atoms with Crippen molar-refractivity contribution in [1.29, 1.82) is 0 Å². The summed E-state index contributed by atoms with van der Waals surface area (Å²) in [6.07, 6.45) is 2.48. The molecule has 0 saturated carbocycles. The second-order valence-electron chi connectivity index (χ2n) is 8.60. The molecule has 34 heavy (non-hydrogen) atoms. The van der Waals surface area contributed by atoms with Crippen LogP contribution in [0.5, 0.6) is 0 Å². The Hall–Kier alpha value is -3.16. The van der Waals surface area contributed by atoms with Crippen LogP contribution in [0.3, 0.4) is 0 Å². The first-order valence-electron chi connectivity index (χ1n) is 11.6. The lowest BCUT2D eigenvalue weighted by molar-refractivity contribution is -0.123. The first-order chi connectivity index (χ1) is 16.5. The Morgan fingerprint density at radius 2 is 1.74 bits per heavy atom. The van der Waals surface area contributed by atoms with Crippen LogP contribution in [0.4, 0.5) is 5.69 Å². The fourth-order valence-electron chi connectivity index (χ4n) is 4.21. The second-order valence-corrected chi connectivity index (χ2v) is 8.98. The minimum Gasteiger partial charge on any atom is -0.366 e. The number of para-hydroxylation sites is 1. The van der Waals surface area contributed by atoms with E-state index >= 15 is 0 Å². The van der Waals surface area contributed by atoms with Gasteiger partial charge in [0.2, 0.25) is 5.91 Å². The Morgan fingerprint density at radius 1 is 1.06 bits per heavy atom. The van der Waals surface area contributed by atoms with E-state index in [0.29, 0.717) is 44.1 Å². The topological polar surface area (TPSA) is 70.5 Å². The van der Waals surface area contributed by atoms with Gasteiger partial charge in [-0.25, -0.2) is 0 Å². The second kappa shape index (κ2) is 10.8. The number of aryl methyl sites for hydroxylation is 1. The molecule has 178 valence electrons. The number of rotatable bonds is 7. The van der Waals surface area contributed by atoms with Gasteiger partial charge in [-0.15, -0.1) is 0 Å². The molecule has 0 bridgehead atoms. The van der Waals surface area contributed by atoms with Crippen molar-refractivity contribution in [1.82, 2.24) is 20.0 Å². The van der Waals surface area contributed by atoms with Crippen LogP contribution in [0.1, 0.15) is 30.5 Å². The molecule has 0 aliphatic carbocycles. The van der Waals surface area contributed by atoms with Gasteiger partial charge in [-0.05, 0) is 31.0 Å². The zero-order valence-corrected chi connectivity index (χ0v) is 20.3. The monoisotopic (exact) mass is 479 g/mol. The number of nitrogens with one attached hydrogen (secondary N) is 1. The summed E-state index contributed by atoms with van der Waals surface area (Å²) in [5.41, 5.74) is 3.30. The standard InChI is InChI=1S/C26H30ClN5O2/c1-3-22(20-11-9-19(2)10-12-20)29-24(33)18-30-13-15-31(16-14-30)23-17-28-32(26(34)25(23)27)21-7-5-4-6-8-21/h4-12,17,22H,3,13-16,18H2,1-2H3,(H,29,33)/t22-/m1/s1. The predicted molar refractivity (Wildman–Crippen MR) is 136 cm³/mol. The zero-order valence-electron chi connectivity index (χ0n) is 19.6. The molecule has 1 saturated heterocycles. The van der Waals surface area contributed by atoms with Crippen LogP contribution in [-0.2, 0) is 4.79 Å². The van der Waals surface area contributed by atoms with Crippen LogP contribution >= 0.6 is 11.6 Å². The lowest BCUT2D eigenvalue weighted by Gasteiger charge is -2.36. The normalized spacial score (nSPS) is 15.2. The van der Waals surface area contributed by atoms with Crippen molar-refractivity contribution >= 4 is 23.2 Å². The van der Waals surface area contributed by atoms with Gasteiger partial charge in [0.25, 0.3) is 5.56 Å². The third-order valence-electron chi connectivity index (χ3n) is 6.20. The maximum atomic E-state index is 12.8. The van der Waals surface area contributed by atoms with Gasteiger partial charge in [0.1, 0.15) is 5.02 Å². The molecule has 1 fully saturated rings. The van der Waals surface area contributed by atoms with Gasteiger partial charge in [-0.2, -0.15) is 9.78 Å². The van der Waals surface area contributed by atoms with E-state index in [1.54, 1.807) is 6.20 Å². The first kappa shape index (κ1) is 24.0. The fraction of sp³-hybridized carbons (Fsp3) is 0.346. The highest BCUT2D eigenvalue weighted by molar-refractivity contribution is 6.33. The number of halogens is 1. The lowest BCUT2D eigenvalue weighted by Crippen LogP contribution is -2.50. The van der Waals surface area contributed by atoms with Crippen molar-refractivity contribution in [2.45, 2.75) is 26.3 Å². The third kappa shape index (κ3) is 5.48. The molecule has 3 aromatic rings. The van der Waals surface area contributed by atoms with E-state index < -0.39 is 0 Å². The predicted octanol–water partition coefficient (Wildman–Crippen LogP) is 3.58. The maximum absolute atomic E-state index is 12.8. The summed E-state index contributed by atoms with van der Waals surface area (Å²) in [4.78, 5) is 29.7. The molecule has 1 N–H and O–H groups in total. The number of piperazine rings is 1. The SMILES string of the molecule is CC[C@@H](NC(=O)CN1CCN(c2cnn(-c3ccccc3)c(=O)c2Cl)CC1)c1ccc(C)cc1. The van der Waals surface area contributed by atoms with Gasteiger partial charge >= 0.3 is 0 Å². The molecule has 1 atom stereocenters. The Balaban J connectivity index is 1.34. The smallest absolute Gasteiger partial charge is 0.292 e.